The van der Waals surface area contributed by atoms with E-state index in [0.717, 1.165) is 25.9 Å². The van der Waals surface area contributed by atoms with Crippen LogP contribution in [0.5, 0.6) is 0 Å². The summed E-state index contributed by atoms with van der Waals surface area (Å²) in [5, 5.41) is 0. The Morgan fingerprint density at radius 3 is 2.79 bits per heavy atom. The van der Waals surface area contributed by atoms with Crippen LogP contribution in [0.25, 0.3) is 0 Å². The van der Waals surface area contributed by atoms with Crippen LogP contribution in [0.1, 0.15) is 31.4 Å². The normalized spacial score (nSPS) is 24.1. The fourth-order valence-corrected chi connectivity index (χ4v) is 2.94. The van der Waals surface area contributed by atoms with Crippen molar-refractivity contribution in [3.8, 4) is 0 Å². The second-order valence-corrected chi connectivity index (χ2v) is 5.32. The van der Waals surface area contributed by atoms with Crippen molar-refractivity contribution in [2.75, 3.05) is 20.2 Å². The molecule has 1 heterocycles. The largest absolute Gasteiger partial charge is 0.380 e. The lowest BCUT2D eigenvalue weighted by molar-refractivity contribution is 0.00967. The standard InChI is InChI=1S/C15H23FN2O/c1-11(17)15(13-7-3-4-8-14(13)16)18-9-5-6-12(10-18)19-2/h3-4,7-8,11-12,15H,5-6,9-10,17H2,1-2H3. The van der Waals surface area contributed by atoms with E-state index in [-0.39, 0.29) is 24.0 Å². The molecule has 2 N–H and O–H groups in total. The Bertz CT molecular complexity index is 411. The van der Waals surface area contributed by atoms with E-state index in [1.165, 1.54) is 6.07 Å². The molecule has 0 aliphatic carbocycles. The Kier molecular flexibility index (Phi) is 4.91. The van der Waals surface area contributed by atoms with Crippen LogP contribution >= 0.6 is 0 Å². The molecule has 1 saturated heterocycles. The van der Waals surface area contributed by atoms with Crippen molar-refractivity contribution < 1.29 is 9.13 Å². The SMILES string of the molecule is COC1CCCN(C(c2ccccc2F)C(C)N)C1. The van der Waals surface area contributed by atoms with E-state index in [1.54, 1.807) is 13.2 Å². The van der Waals surface area contributed by atoms with Gasteiger partial charge in [-0.15, -0.1) is 0 Å². The fraction of sp³-hybridized carbons (Fsp3) is 0.600. The summed E-state index contributed by atoms with van der Waals surface area (Å²) in [5.41, 5.74) is 6.80. The highest BCUT2D eigenvalue weighted by molar-refractivity contribution is 5.23. The van der Waals surface area contributed by atoms with Crippen LogP contribution in [0.4, 0.5) is 4.39 Å². The predicted molar refractivity (Wildman–Crippen MR) is 74.4 cm³/mol. The molecule has 1 aliphatic heterocycles. The van der Waals surface area contributed by atoms with E-state index in [0.29, 0.717) is 5.56 Å². The fourth-order valence-electron chi connectivity index (χ4n) is 2.94. The van der Waals surface area contributed by atoms with Gasteiger partial charge >= 0.3 is 0 Å². The molecule has 4 heteroatoms. The van der Waals surface area contributed by atoms with Gasteiger partial charge in [0.15, 0.2) is 0 Å². The molecular formula is C15H23FN2O. The molecule has 0 amide bonds. The maximum absolute atomic E-state index is 14.0. The van der Waals surface area contributed by atoms with Crippen LogP contribution in [-0.2, 0) is 4.74 Å². The molecule has 0 bridgehead atoms. The second-order valence-electron chi connectivity index (χ2n) is 5.32. The van der Waals surface area contributed by atoms with Gasteiger partial charge < -0.3 is 10.5 Å². The van der Waals surface area contributed by atoms with Crippen LogP contribution in [0.2, 0.25) is 0 Å². The first-order chi connectivity index (χ1) is 9.13. The number of benzene rings is 1. The number of hydrogen-bond acceptors (Lipinski definition) is 3. The Balaban J connectivity index is 2.23. The van der Waals surface area contributed by atoms with E-state index in [9.17, 15) is 4.39 Å². The zero-order valence-electron chi connectivity index (χ0n) is 11.7. The van der Waals surface area contributed by atoms with Crippen molar-refractivity contribution in [2.24, 2.45) is 5.73 Å². The predicted octanol–water partition coefficient (Wildman–Crippen LogP) is 2.32. The Labute approximate surface area is 114 Å². The van der Waals surface area contributed by atoms with E-state index < -0.39 is 0 Å². The summed E-state index contributed by atoms with van der Waals surface area (Å²) in [7, 11) is 1.73. The molecule has 0 saturated carbocycles. The summed E-state index contributed by atoms with van der Waals surface area (Å²) in [6.07, 6.45) is 2.35. The van der Waals surface area contributed by atoms with E-state index >= 15 is 0 Å². The quantitative estimate of drug-likeness (QED) is 0.909. The maximum atomic E-state index is 14.0. The smallest absolute Gasteiger partial charge is 0.128 e. The first kappa shape index (κ1) is 14.4. The molecule has 3 atom stereocenters. The molecule has 1 fully saturated rings. The molecule has 3 unspecified atom stereocenters. The zero-order chi connectivity index (χ0) is 13.8. The third-order valence-electron chi connectivity index (χ3n) is 3.86. The minimum atomic E-state index is -0.177. The number of hydrogen-bond donors (Lipinski definition) is 1. The molecule has 106 valence electrons. The summed E-state index contributed by atoms with van der Waals surface area (Å²) >= 11 is 0. The van der Waals surface area contributed by atoms with Gasteiger partial charge in [-0.25, -0.2) is 4.39 Å². The van der Waals surface area contributed by atoms with Gasteiger partial charge in [0.05, 0.1) is 12.1 Å². The second kappa shape index (κ2) is 6.46. The van der Waals surface area contributed by atoms with Crippen molar-refractivity contribution >= 4 is 0 Å². The van der Waals surface area contributed by atoms with E-state index in [1.807, 2.05) is 19.1 Å². The van der Waals surface area contributed by atoms with Crippen LogP contribution in [0.3, 0.4) is 0 Å². The number of ether oxygens (including phenoxy) is 1. The summed E-state index contributed by atoms with van der Waals surface area (Å²) in [4.78, 5) is 2.25. The topological polar surface area (TPSA) is 38.5 Å². The van der Waals surface area contributed by atoms with Gasteiger partial charge in [0.25, 0.3) is 0 Å². The van der Waals surface area contributed by atoms with Crippen molar-refractivity contribution in [3.63, 3.8) is 0 Å². The highest BCUT2D eigenvalue weighted by Gasteiger charge is 2.30. The molecule has 0 radical (unpaired) electrons. The molecule has 3 nitrogen and oxygen atoms in total. The van der Waals surface area contributed by atoms with Gasteiger partial charge in [-0.3, -0.25) is 4.90 Å². The van der Waals surface area contributed by atoms with E-state index in [4.69, 9.17) is 10.5 Å². The van der Waals surface area contributed by atoms with Gasteiger partial charge in [-0.1, -0.05) is 18.2 Å². The molecule has 1 aliphatic rings. The van der Waals surface area contributed by atoms with Gasteiger partial charge in [0, 0.05) is 25.3 Å². The summed E-state index contributed by atoms with van der Waals surface area (Å²) in [5.74, 6) is -0.177. The minimum Gasteiger partial charge on any atom is -0.380 e. The summed E-state index contributed by atoms with van der Waals surface area (Å²) < 4.78 is 19.5. The summed E-state index contributed by atoms with van der Waals surface area (Å²) in [6.45, 7) is 3.70. The summed E-state index contributed by atoms with van der Waals surface area (Å²) in [6, 6.07) is 6.71. The van der Waals surface area contributed by atoms with Gasteiger partial charge in [-0.05, 0) is 32.4 Å². The Morgan fingerprint density at radius 1 is 1.42 bits per heavy atom. The average Bonchev–Trinajstić information content (AvgIpc) is 2.41. The third-order valence-corrected chi connectivity index (χ3v) is 3.86. The number of nitrogens with two attached hydrogens (primary N) is 1. The monoisotopic (exact) mass is 266 g/mol. The first-order valence-electron chi connectivity index (χ1n) is 6.90. The van der Waals surface area contributed by atoms with Crippen LogP contribution < -0.4 is 5.73 Å². The Morgan fingerprint density at radius 2 is 2.16 bits per heavy atom. The Hall–Kier alpha value is -0.970. The van der Waals surface area contributed by atoms with Crippen LogP contribution in [0.15, 0.2) is 24.3 Å². The number of nitrogens with zero attached hydrogens (tertiary/aromatic N) is 1. The molecule has 2 rings (SSSR count). The van der Waals surface area contributed by atoms with Gasteiger partial charge in [-0.2, -0.15) is 0 Å². The number of likely N-dealkylation sites (tertiary alicyclic amines) is 1. The minimum absolute atomic E-state index is 0.0841. The zero-order valence-corrected chi connectivity index (χ0v) is 11.7. The molecule has 19 heavy (non-hydrogen) atoms. The molecule has 1 aromatic rings. The highest BCUT2D eigenvalue weighted by Crippen LogP contribution is 2.29. The number of rotatable bonds is 4. The van der Waals surface area contributed by atoms with Crippen LogP contribution in [-0.4, -0.2) is 37.2 Å². The third kappa shape index (κ3) is 3.32. The maximum Gasteiger partial charge on any atom is 0.128 e. The van der Waals surface area contributed by atoms with Crippen molar-refractivity contribution in [2.45, 2.75) is 38.0 Å². The molecule has 0 spiro atoms. The lowest BCUT2D eigenvalue weighted by Crippen LogP contribution is -2.47. The van der Waals surface area contributed by atoms with Crippen molar-refractivity contribution in [3.05, 3.63) is 35.6 Å². The van der Waals surface area contributed by atoms with Gasteiger partial charge in [0.2, 0.25) is 0 Å². The number of piperidine rings is 1. The van der Waals surface area contributed by atoms with Crippen LogP contribution in [0, 0.1) is 5.82 Å². The van der Waals surface area contributed by atoms with Gasteiger partial charge in [0.1, 0.15) is 5.82 Å². The van der Waals surface area contributed by atoms with Crippen molar-refractivity contribution in [1.29, 1.82) is 0 Å². The lowest BCUT2D eigenvalue weighted by atomic mass is 9.95. The number of halogens is 1. The number of methoxy groups -OCH3 is 1. The van der Waals surface area contributed by atoms with E-state index in [2.05, 4.69) is 4.90 Å². The molecule has 0 aromatic heterocycles. The highest BCUT2D eigenvalue weighted by atomic mass is 19.1. The molecular weight excluding hydrogens is 243 g/mol. The van der Waals surface area contributed by atoms with Crippen molar-refractivity contribution in [1.82, 2.24) is 4.90 Å². The molecule has 1 aromatic carbocycles. The lowest BCUT2D eigenvalue weighted by Gasteiger charge is -2.39. The first-order valence-corrected chi connectivity index (χ1v) is 6.90. The average molecular weight is 266 g/mol.